The Morgan fingerprint density at radius 2 is 2.22 bits per heavy atom. The van der Waals surface area contributed by atoms with Gasteiger partial charge in [0.25, 0.3) is 0 Å². The van der Waals surface area contributed by atoms with Gasteiger partial charge >= 0.3 is 0 Å². The van der Waals surface area contributed by atoms with Gasteiger partial charge in [-0.15, -0.1) is 0 Å². The van der Waals surface area contributed by atoms with Gasteiger partial charge in [-0.05, 0) is 34.0 Å². The van der Waals surface area contributed by atoms with Gasteiger partial charge in [0.2, 0.25) is 0 Å². The van der Waals surface area contributed by atoms with Crippen molar-refractivity contribution >= 4 is 5.82 Å². The first-order chi connectivity index (χ1) is 8.60. The van der Waals surface area contributed by atoms with Crippen molar-refractivity contribution in [2.45, 2.75) is 25.8 Å². The van der Waals surface area contributed by atoms with Crippen LogP contribution in [0.5, 0.6) is 0 Å². The summed E-state index contributed by atoms with van der Waals surface area (Å²) >= 11 is 0. The molecule has 0 radical (unpaired) electrons. The maximum absolute atomic E-state index is 5.60. The Bertz CT molecular complexity index is 404. The molecule has 2 heterocycles. The highest BCUT2D eigenvalue weighted by molar-refractivity contribution is 5.41. The molecule has 2 N–H and O–H groups in total. The van der Waals surface area contributed by atoms with Crippen molar-refractivity contribution in [3.63, 3.8) is 0 Å². The van der Waals surface area contributed by atoms with E-state index >= 15 is 0 Å². The number of aromatic nitrogens is 2. The third-order valence-corrected chi connectivity index (χ3v) is 3.50. The Balaban J connectivity index is 2.13. The fourth-order valence-electron chi connectivity index (χ4n) is 2.42. The molecule has 0 spiro atoms. The lowest BCUT2D eigenvalue weighted by atomic mass is 10.2. The number of nitrogens with zero attached hydrogens (tertiary/aromatic N) is 4. The SMILES string of the molecule is Cc1nc(CCN)cc(N2CCC(N(C)C)C2)n1. The van der Waals surface area contributed by atoms with E-state index in [1.165, 1.54) is 6.42 Å². The number of hydrogen-bond donors (Lipinski definition) is 1. The predicted octanol–water partition coefficient (Wildman–Crippen LogP) is 0.427. The van der Waals surface area contributed by atoms with Crippen molar-refractivity contribution in [2.24, 2.45) is 5.73 Å². The van der Waals surface area contributed by atoms with E-state index in [1.807, 2.05) is 6.92 Å². The molecule has 1 aliphatic rings. The first kappa shape index (κ1) is 13.2. The van der Waals surface area contributed by atoms with Gasteiger partial charge in [0.05, 0.1) is 0 Å². The van der Waals surface area contributed by atoms with E-state index in [4.69, 9.17) is 5.73 Å². The largest absolute Gasteiger partial charge is 0.355 e. The van der Waals surface area contributed by atoms with Crippen LogP contribution in [-0.4, -0.2) is 54.6 Å². The maximum Gasteiger partial charge on any atom is 0.132 e. The lowest BCUT2D eigenvalue weighted by molar-refractivity contribution is 0.315. The Kier molecular flexibility index (Phi) is 4.14. The average molecular weight is 249 g/mol. The van der Waals surface area contributed by atoms with Gasteiger partial charge in [-0.3, -0.25) is 0 Å². The molecule has 0 aromatic carbocycles. The highest BCUT2D eigenvalue weighted by Gasteiger charge is 2.25. The van der Waals surface area contributed by atoms with Crippen molar-refractivity contribution < 1.29 is 0 Å². The smallest absolute Gasteiger partial charge is 0.132 e. The van der Waals surface area contributed by atoms with Crippen molar-refractivity contribution in [3.8, 4) is 0 Å². The summed E-state index contributed by atoms with van der Waals surface area (Å²) in [5.74, 6) is 1.89. The summed E-state index contributed by atoms with van der Waals surface area (Å²) in [5.41, 5.74) is 6.64. The molecule has 1 fully saturated rings. The molecule has 5 nitrogen and oxygen atoms in total. The summed E-state index contributed by atoms with van der Waals surface area (Å²) in [5, 5.41) is 0. The van der Waals surface area contributed by atoms with E-state index in [0.717, 1.165) is 36.8 Å². The number of anilines is 1. The molecule has 1 aromatic rings. The topological polar surface area (TPSA) is 58.3 Å². The van der Waals surface area contributed by atoms with Gasteiger partial charge in [-0.25, -0.2) is 9.97 Å². The molecule has 0 aliphatic carbocycles. The van der Waals surface area contributed by atoms with Crippen molar-refractivity contribution in [1.82, 2.24) is 14.9 Å². The Labute approximate surface area is 109 Å². The lowest BCUT2D eigenvalue weighted by Gasteiger charge is -2.21. The Hall–Kier alpha value is -1.20. The Morgan fingerprint density at radius 1 is 1.44 bits per heavy atom. The summed E-state index contributed by atoms with van der Waals surface area (Å²) in [6, 6.07) is 2.70. The van der Waals surface area contributed by atoms with Crippen LogP contribution >= 0.6 is 0 Å². The van der Waals surface area contributed by atoms with Gasteiger partial charge in [-0.1, -0.05) is 0 Å². The van der Waals surface area contributed by atoms with Crippen LogP contribution in [0.1, 0.15) is 17.9 Å². The minimum atomic E-state index is 0.623. The monoisotopic (exact) mass is 249 g/mol. The summed E-state index contributed by atoms with van der Waals surface area (Å²) in [6.07, 6.45) is 2.02. The fourth-order valence-corrected chi connectivity index (χ4v) is 2.42. The molecule has 5 heteroatoms. The normalized spacial score (nSPS) is 19.8. The van der Waals surface area contributed by atoms with Crippen LogP contribution in [0.2, 0.25) is 0 Å². The number of nitrogens with two attached hydrogens (primary N) is 1. The second-order valence-electron chi connectivity index (χ2n) is 5.16. The van der Waals surface area contributed by atoms with Crippen molar-refractivity contribution in [3.05, 3.63) is 17.6 Å². The van der Waals surface area contributed by atoms with Crippen LogP contribution in [0.25, 0.3) is 0 Å². The summed E-state index contributed by atoms with van der Waals surface area (Å²) in [7, 11) is 4.28. The molecule has 1 unspecified atom stereocenters. The fraction of sp³-hybridized carbons (Fsp3) is 0.692. The van der Waals surface area contributed by atoms with E-state index in [2.05, 4.69) is 39.9 Å². The molecule has 0 bridgehead atoms. The van der Waals surface area contributed by atoms with Gasteiger partial charge in [0.1, 0.15) is 11.6 Å². The van der Waals surface area contributed by atoms with Crippen LogP contribution in [0.4, 0.5) is 5.82 Å². The quantitative estimate of drug-likeness (QED) is 0.838. The maximum atomic E-state index is 5.60. The van der Waals surface area contributed by atoms with Crippen molar-refractivity contribution in [1.29, 1.82) is 0 Å². The molecule has 1 atom stereocenters. The molecule has 18 heavy (non-hydrogen) atoms. The standard InChI is InChI=1S/C13H23N5/c1-10-15-11(4-6-14)8-13(16-10)18-7-5-12(9-18)17(2)3/h8,12H,4-7,9,14H2,1-3H3. The molecule has 100 valence electrons. The minimum absolute atomic E-state index is 0.623. The lowest BCUT2D eigenvalue weighted by Crippen LogP contribution is -2.31. The Morgan fingerprint density at radius 3 is 2.83 bits per heavy atom. The summed E-state index contributed by atoms with van der Waals surface area (Å²) in [6.45, 7) is 4.70. The molecule has 2 rings (SSSR count). The number of likely N-dealkylation sites (N-methyl/N-ethyl adjacent to an activating group) is 1. The molecule has 1 aliphatic heterocycles. The second kappa shape index (κ2) is 5.63. The highest BCUT2D eigenvalue weighted by Crippen LogP contribution is 2.21. The highest BCUT2D eigenvalue weighted by atomic mass is 15.3. The molecule has 1 aromatic heterocycles. The average Bonchev–Trinajstić information content (AvgIpc) is 2.78. The zero-order chi connectivity index (χ0) is 13.1. The van der Waals surface area contributed by atoms with Crippen LogP contribution < -0.4 is 10.6 Å². The van der Waals surface area contributed by atoms with Crippen LogP contribution in [0.15, 0.2) is 6.07 Å². The second-order valence-corrected chi connectivity index (χ2v) is 5.16. The summed E-state index contributed by atoms with van der Waals surface area (Å²) < 4.78 is 0. The van der Waals surface area contributed by atoms with E-state index < -0.39 is 0 Å². The minimum Gasteiger partial charge on any atom is -0.355 e. The number of rotatable bonds is 4. The first-order valence-corrected chi connectivity index (χ1v) is 6.56. The first-order valence-electron chi connectivity index (χ1n) is 6.56. The van der Waals surface area contributed by atoms with Gasteiger partial charge in [0.15, 0.2) is 0 Å². The third-order valence-electron chi connectivity index (χ3n) is 3.50. The predicted molar refractivity (Wildman–Crippen MR) is 73.8 cm³/mol. The zero-order valence-corrected chi connectivity index (χ0v) is 11.6. The van der Waals surface area contributed by atoms with Gasteiger partial charge in [0, 0.05) is 37.3 Å². The molecule has 0 saturated carbocycles. The van der Waals surface area contributed by atoms with Crippen LogP contribution in [0, 0.1) is 6.92 Å². The third kappa shape index (κ3) is 2.97. The molecular weight excluding hydrogens is 226 g/mol. The zero-order valence-electron chi connectivity index (χ0n) is 11.6. The van der Waals surface area contributed by atoms with E-state index in [-0.39, 0.29) is 0 Å². The van der Waals surface area contributed by atoms with E-state index in [1.54, 1.807) is 0 Å². The van der Waals surface area contributed by atoms with Gasteiger partial charge < -0.3 is 15.5 Å². The van der Waals surface area contributed by atoms with Crippen molar-refractivity contribution in [2.75, 3.05) is 38.6 Å². The van der Waals surface area contributed by atoms with Crippen LogP contribution in [0.3, 0.4) is 0 Å². The van der Waals surface area contributed by atoms with E-state index in [9.17, 15) is 0 Å². The molecule has 0 amide bonds. The molecule has 1 saturated heterocycles. The molecular formula is C13H23N5. The summed E-state index contributed by atoms with van der Waals surface area (Å²) in [4.78, 5) is 13.6. The number of hydrogen-bond acceptors (Lipinski definition) is 5. The number of aryl methyl sites for hydroxylation is 1. The van der Waals surface area contributed by atoms with Gasteiger partial charge in [-0.2, -0.15) is 0 Å². The van der Waals surface area contributed by atoms with E-state index in [0.29, 0.717) is 12.6 Å². The van der Waals surface area contributed by atoms with Crippen LogP contribution in [-0.2, 0) is 6.42 Å².